The fourth-order valence-electron chi connectivity index (χ4n) is 1.52. The van der Waals surface area contributed by atoms with Crippen molar-refractivity contribution in [2.24, 2.45) is 5.92 Å². The number of carboxylic acid groups (broad SMARTS) is 2. The van der Waals surface area contributed by atoms with E-state index in [1.165, 1.54) is 0 Å². The van der Waals surface area contributed by atoms with E-state index in [0.717, 1.165) is 0 Å². The molecule has 88 valence electrons. The van der Waals surface area contributed by atoms with Crippen LogP contribution in [0.4, 0.5) is 0 Å². The molecule has 0 aliphatic heterocycles. The van der Waals surface area contributed by atoms with Crippen LogP contribution in [-0.2, 0) is 16.1 Å². The van der Waals surface area contributed by atoms with Gasteiger partial charge in [0.2, 0.25) is 0 Å². The maximum Gasteiger partial charge on any atom is 0.303 e. The first-order valence-electron chi connectivity index (χ1n) is 4.99. The van der Waals surface area contributed by atoms with Crippen LogP contribution in [0.15, 0.2) is 18.5 Å². The third kappa shape index (κ3) is 4.59. The number of carboxylic acids is 2. The molecule has 0 fully saturated rings. The average molecular weight is 226 g/mol. The maximum absolute atomic E-state index is 10.5. The van der Waals surface area contributed by atoms with Crippen molar-refractivity contribution in [2.75, 3.05) is 0 Å². The highest BCUT2D eigenvalue weighted by Crippen LogP contribution is 2.14. The lowest BCUT2D eigenvalue weighted by Crippen LogP contribution is -2.15. The summed E-state index contributed by atoms with van der Waals surface area (Å²) in [7, 11) is 0. The van der Waals surface area contributed by atoms with Gasteiger partial charge in [-0.25, -0.2) is 0 Å². The molecule has 6 nitrogen and oxygen atoms in total. The first-order valence-corrected chi connectivity index (χ1v) is 4.99. The van der Waals surface area contributed by atoms with Crippen molar-refractivity contribution < 1.29 is 19.8 Å². The molecular weight excluding hydrogens is 212 g/mol. The Morgan fingerprint density at radius 1 is 1.25 bits per heavy atom. The van der Waals surface area contributed by atoms with Crippen molar-refractivity contribution in [2.45, 2.75) is 25.8 Å². The van der Waals surface area contributed by atoms with Gasteiger partial charge in [0.25, 0.3) is 0 Å². The predicted octanol–water partition coefficient (Wildman–Crippen LogP) is 0.839. The van der Waals surface area contributed by atoms with Gasteiger partial charge in [0.1, 0.15) is 0 Å². The van der Waals surface area contributed by atoms with Crippen molar-refractivity contribution in [3.63, 3.8) is 0 Å². The van der Waals surface area contributed by atoms with E-state index in [1.807, 2.05) is 0 Å². The normalized spacial score (nSPS) is 10.6. The summed E-state index contributed by atoms with van der Waals surface area (Å²) in [5, 5.41) is 21.2. The summed E-state index contributed by atoms with van der Waals surface area (Å²) in [6.07, 6.45) is 3.66. The Kier molecular flexibility index (Phi) is 4.50. The fraction of sp³-hybridized carbons (Fsp3) is 0.500. The van der Waals surface area contributed by atoms with Gasteiger partial charge in [0, 0.05) is 31.8 Å². The van der Waals surface area contributed by atoms with Crippen molar-refractivity contribution in [1.82, 2.24) is 9.78 Å². The summed E-state index contributed by atoms with van der Waals surface area (Å²) in [6.45, 7) is 0.540. The molecule has 1 heterocycles. The Morgan fingerprint density at radius 3 is 2.31 bits per heavy atom. The topological polar surface area (TPSA) is 92.4 Å². The first-order chi connectivity index (χ1) is 7.58. The zero-order valence-electron chi connectivity index (χ0n) is 8.74. The highest BCUT2D eigenvalue weighted by atomic mass is 16.4. The molecule has 0 amide bonds. The van der Waals surface area contributed by atoms with Gasteiger partial charge in [-0.05, 0) is 18.4 Å². The largest absolute Gasteiger partial charge is 0.481 e. The second-order valence-corrected chi connectivity index (χ2v) is 3.62. The van der Waals surface area contributed by atoms with Crippen LogP contribution in [0.1, 0.15) is 19.3 Å². The van der Waals surface area contributed by atoms with Gasteiger partial charge < -0.3 is 10.2 Å². The number of rotatable bonds is 7. The van der Waals surface area contributed by atoms with Crippen LogP contribution >= 0.6 is 0 Å². The van der Waals surface area contributed by atoms with E-state index in [4.69, 9.17) is 10.2 Å². The Labute approximate surface area is 92.5 Å². The third-order valence-electron chi connectivity index (χ3n) is 2.25. The maximum atomic E-state index is 10.5. The SMILES string of the molecule is O=C(O)CC(CCn1cccn1)CC(=O)O. The Bertz CT molecular complexity index is 332. The molecule has 1 aromatic heterocycles. The molecule has 0 saturated carbocycles. The van der Waals surface area contributed by atoms with E-state index in [0.29, 0.717) is 13.0 Å². The molecule has 0 bridgehead atoms. The molecule has 0 saturated heterocycles. The number of hydrogen-bond donors (Lipinski definition) is 2. The van der Waals surface area contributed by atoms with E-state index in [1.54, 1.807) is 23.1 Å². The van der Waals surface area contributed by atoms with E-state index >= 15 is 0 Å². The Hall–Kier alpha value is -1.85. The Morgan fingerprint density at radius 2 is 1.88 bits per heavy atom. The molecule has 2 N–H and O–H groups in total. The number of aromatic nitrogens is 2. The lowest BCUT2D eigenvalue weighted by atomic mass is 9.98. The summed E-state index contributed by atoms with van der Waals surface area (Å²) in [4.78, 5) is 21.1. The first kappa shape index (κ1) is 12.2. The summed E-state index contributed by atoms with van der Waals surface area (Å²) in [6, 6.07) is 1.77. The van der Waals surface area contributed by atoms with Gasteiger partial charge in [-0.3, -0.25) is 14.3 Å². The summed E-state index contributed by atoms with van der Waals surface area (Å²) in [5.74, 6) is -2.28. The number of nitrogens with zero attached hydrogens (tertiary/aromatic N) is 2. The average Bonchev–Trinajstić information content (AvgIpc) is 2.64. The number of aryl methyl sites for hydroxylation is 1. The highest BCUT2D eigenvalue weighted by Gasteiger charge is 2.16. The zero-order chi connectivity index (χ0) is 12.0. The quantitative estimate of drug-likeness (QED) is 0.718. The van der Waals surface area contributed by atoms with Crippen LogP contribution in [0.3, 0.4) is 0 Å². The highest BCUT2D eigenvalue weighted by molar-refractivity contribution is 5.70. The van der Waals surface area contributed by atoms with Crippen LogP contribution in [0.5, 0.6) is 0 Å². The van der Waals surface area contributed by atoms with Gasteiger partial charge >= 0.3 is 11.9 Å². The van der Waals surface area contributed by atoms with E-state index in [-0.39, 0.29) is 18.8 Å². The summed E-state index contributed by atoms with van der Waals surface area (Å²) in [5.41, 5.74) is 0. The minimum Gasteiger partial charge on any atom is -0.481 e. The molecular formula is C10H14N2O4. The molecule has 1 rings (SSSR count). The number of aliphatic carboxylic acids is 2. The van der Waals surface area contributed by atoms with Crippen molar-refractivity contribution in [1.29, 1.82) is 0 Å². The van der Waals surface area contributed by atoms with Crippen LogP contribution in [0.25, 0.3) is 0 Å². The molecule has 1 aromatic rings. The molecule has 16 heavy (non-hydrogen) atoms. The van der Waals surface area contributed by atoms with Gasteiger partial charge in [0.05, 0.1) is 0 Å². The minimum atomic E-state index is -0.966. The van der Waals surface area contributed by atoms with Crippen LogP contribution in [0.2, 0.25) is 0 Å². The lowest BCUT2D eigenvalue weighted by Gasteiger charge is -2.11. The molecule has 6 heteroatoms. The van der Waals surface area contributed by atoms with Crippen molar-refractivity contribution >= 4 is 11.9 Å². The van der Waals surface area contributed by atoms with Gasteiger partial charge in [-0.2, -0.15) is 5.10 Å². The summed E-state index contributed by atoms with van der Waals surface area (Å²) >= 11 is 0. The van der Waals surface area contributed by atoms with E-state index in [2.05, 4.69) is 5.10 Å². The van der Waals surface area contributed by atoms with Gasteiger partial charge in [-0.1, -0.05) is 0 Å². The van der Waals surface area contributed by atoms with Crippen LogP contribution in [-0.4, -0.2) is 31.9 Å². The van der Waals surface area contributed by atoms with Crippen molar-refractivity contribution in [3.05, 3.63) is 18.5 Å². The molecule has 0 radical (unpaired) electrons. The molecule has 0 spiro atoms. The molecule has 0 aliphatic rings. The smallest absolute Gasteiger partial charge is 0.303 e. The summed E-state index contributed by atoms with van der Waals surface area (Å²) < 4.78 is 1.66. The number of carbonyl (C=O) groups is 2. The molecule has 0 aromatic carbocycles. The fourth-order valence-corrected chi connectivity index (χ4v) is 1.52. The minimum absolute atomic E-state index is 0.117. The van der Waals surface area contributed by atoms with Crippen LogP contribution < -0.4 is 0 Å². The molecule has 0 atom stereocenters. The van der Waals surface area contributed by atoms with E-state index < -0.39 is 11.9 Å². The third-order valence-corrected chi connectivity index (χ3v) is 2.25. The van der Waals surface area contributed by atoms with Gasteiger partial charge in [0.15, 0.2) is 0 Å². The second kappa shape index (κ2) is 5.89. The monoisotopic (exact) mass is 226 g/mol. The predicted molar refractivity (Wildman–Crippen MR) is 54.8 cm³/mol. The number of hydrogen-bond acceptors (Lipinski definition) is 3. The zero-order valence-corrected chi connectivity index (χ0v) is 8.74. The van der Waals surface area contributed by atoms with Crippen LogP contribution in [0, 0.1) is 5.92 Å². The lowest BCUT2D eigenvalue weighted by molar-refractivity contribution is -0.140. The Balaban J connectivity index is 2.43. The van der Waals surface area contributed by atoms with E-state index in [9.17, 15) is 9.59 Å². The van der Waals surface area contributed by atoms with Crippen molar-refractivity contribution in [3.8, 4) is 0 Å². The standard InChI is InChI=1S/C10H14N2O4/c13-9(14)6-8(7-10(15)16)2-5-12-4-1-3-11-12/h1,3-4,8H,2,5-7H2,(H,13,14)(H,15,16). The molecule has 0 unspecified atom stereocenters. The molecule has 0 aliphatic carbocycles. The second-order valence-electron chi connectivity index (χ2n) is 3.62. The van der Waals surface area contributed by atoms with Gasteiger partial charge in [-0.15, -0.1) is 0 Å².